The third-order valence-corrected chi connectivity index (χ3v) is 6.02. The second-order valence-electron chi connectivity index (χ2n) is 6.08. The maximum atomic E-state index is 13.1. The van der Waals surface area contributed by atoms with Gasteiger partial charge in [0.1, 0.15) is 0 Å². The van der Waals surface area contributed by atoms with E-state index in [-0.39, 0.29) is 23.4 Å². The number of hydrogen-bond acceptors (Lipinski definition) is 3. The van der Waals surface area contributed by atoms with Gasteiger partial charge in [0.15, 0.2) is 0 Å². The van der Waals surface area contributed by atoms with Gasteiger partial charge in [0.2, 0.25) is 5.91 Å². The predicted molar refractivity (Wildman–Crippen MR) is 94.8 cm³/mol. The smallest absolute Gasteiger partial charge is 0.264 e. The molecule has 0 bridgehead atoms. The van der Waals surface area contributed by atoms with Crippen LogP contribution in [0.25, 0.3) is 0 Å². The molecule has 6 heteroatoms. The van der Waals surface area contributed by atoms with Crippen molar-refractivity contribution in [2.24, 2.45) is 0 Å². The number of carbonyl (C=O) groups is 1. The Morgan fingerprint density at radius 1 is 1.04 bits per heavy atom. The third kappa shape index (κ3) is 2.67. The Labute approximate surface area is 142 Å². The summed E-state index contributed by atoms with van der Waals surface area (Å²) in [5.74, 6) is -0.0951. The van der Waals surface area contributed by atoms with Crippen molar-refractivity contribution in [1.82, 2.24) is 0 Å². The van der Waals surface area contributed by atoms with Crippen molar-refractivity contribution < 1.29 is 13.2 Å². The first-order chi connectivity index (χ1) is 11.3. The average molecular weight is 344 g/mol. The van der Waals surface area contributed by atoms with Crippen LogP contribution in [0.4, 0.5) is 11.4 Å². The number of fused-ring (bicyclic) bond motifs is 1. The van der Waals surface area contributed by atoms with Gasteiger partial charge in [0, 0.05) is 6.92 Å². The lowest BCUT2D eigenvalue weighted by Gasteiger charge is -2.40. The molecule has 0 saturated heterocycles. The number of rotatable bonds is 2. The molecule has 1 heterocycles. The highest BCUT2D eigenvalue weighted by atomic mass is 32.2. The van der Waals surface area contributed by atoms with Crippen LogP contribution in [0, 0.1) is 6.92 Å². The van der Waals surface area contributed by atoms with Gasteiger partial charge in [0.25, 0.3) is 10.0 Å². The number of hydrogen-bond donors (Lipinski definition) is 0. The maximum absolute atomic E-state index is 13.1. The van der Waals surface area contributed by atoms with Crippen molar-refractivity contribution in [1.29, 1.82) is 0 Å². The maximum Gasteiger partial charge on any atom is 0.264 e. The molecule has 1 atom stereocenters. The summed E-state index contributed by atoms with van der Waals surface area (Å²) in [5, 5.41) is 0. The Balaban J connectivity index is 2.13. The molecule has 3 rings (SSSR count). The molecule has 0 aromatic heterocycles. The SMILES string of the molecule is CC(=O)N1c2ccccc2N(S(=O)(=O)c2ccc(C)cc2)CC1C. The molecule has 1 aliphatic heterocycles. The Morgan fingerprint density at radius 3 is 2.21 bits per heavy atom. The van der Waals surface area contributed by atoms with Crippen LogP contribution < -0.4 is 9.21 Å². The van der Waals surface area contributed by atoms with Crippen LogP contribution in [0.2, 0.25) is 0 Å². The average Bonchev–Trinajstić information content (AvgIpc) is 2.54. The normalized spacial score (nSPS) is 17.5. The van der Waals surface area contributed by atoms with Crippen molar-refractivity contribution in [3.63, 3.8) is 0 Å². The van der Waals surface area contributed by atoms with Crippen LogP contribution in [-0.2, 0) is 14.8 Å². The third-order valence-electron chi connectivity index (χ3n) is 4.23. The minimum absolute atomic E-state index is 0.0951. The Bertz CT molecular complexity index is 875. The molecule has 5 nitrogen and oxygen atoms in total. The highest BCUT2D eigenvalue weighted by molar-refractivity contribution is 7.92. The van der Waals surface area contributed by atoms with Gasteiger partial charge in [-0.3, -0.25) is 9.10 Å². The summed E-state index contributed by atoms with van der Waals surface area (Å²) in [5.41, 5.74) is 2.16. The first-order valence-corrected chi connectivity index (χ1v) is 9.24. The van der Waals surface area contributed by atoms with Crippen LogP contribution in [0.15, 0.2) is 53.4 Å². The summed E-state index contributed by atoms with van der Waals surface area (Å²) in [6.07, 6.45) is 0. The van der Waals surface area contributed by atoms with E-state index in [2.05, 4.69) is 0 Å². The lowest BCUT2D eigenvalue weighted by atomic mass is 10.1. The number of anilines is 2. The highest BCUT2D eigenvalue weighted by Gasteiger charge is 2.36. The molecule has 126 valence electrons. The summed E-state index contributed by atoms with van der Waals surface area (Å²) >= 11 is 0. The molecule has 0 radical (unpaired) electrons. The molecule has 1 amide bonds. The fraction of sp³-hybridized carbons (Fsp3) is 0.278. The Morgan fingerprint density at radius 2 is 1.62 bits per heavy atom. The Kier molecular flexibility index (Phi) is 4.09. The second kappa shape index (κ2) is 5.94. The molecule has 24 heavy (non-hydrogen) atoms. The van der Waals surface area contributed by atoms with Gasteiger partial charge >= 0.3 is 0 Å². The largest absolute Gasteiger partial charge is 0.306 e. The number of para-hydroxylation sites is 2. The lowest BCUT2D eigenvalue weighted by molar-refractivity contribution is -0.117. The molecule has 0 saturated carbocycles. The van der Waals surface area contributed by atoms with E-state index in [0.717, 1.165) is 5.56 Å². The van der Waals surface area contributed by atoms with Crippen LogP contribution >= 0.6 is 0 Å². The van der Waals surface area contributed by atoms with E-state index in [4.69, 9.17) is 0 Å². The van der Waals surface area contributed by atoms with Gasteiger partial charge in [-0.25, -0.2) is 8.42 Å². The van der Waals surface area contributed by atoms with Gasteiger partial charge in [-0.1, -0.05) is 29.8 Å². The molecule has 0 aliphatic carbocycles. The molecule has 0 spiro atoms. The Hall–Kier alpha value is -2.34. The minimum atomic E-state index is -3.68. The number of benzene rings is 2. The highest BCUT2D eigenvalue weighted by Crippen LogP contribution is 2.38. The summed E-state index contributed by atoms with van der Waals surface area (Å²) in [6.45, 7) is 5.50. The number of amides is 1. The second-order valence-corrected chi connectivity index (χ2v) is 7.94. The van der Waals surface area contributed by atoms with E-state index in [1.54, 1.807) is 47.4 Å². The number of carbonyl (C=O) groups excluding carboxylic acids is 1. The van der Waals surface area contributed by atoms with Crippen molar-refractivity contribution in [2.45, 2.75) is 31.7 Å². The van der Waals surface area contributed by atoms with Crippen molar-refractivity contribution in [3.05, 3.63) is 54.1 Å². The summed E-state index contributed by atoms with van der Waals surface area (Å²) in [6, 6.07) is 13.7. The zero-order chi connectivity index (χ0) is 17.5. The summed E-state index contributed by atoms with van der Waals surface area (Å²) in [4.78, 5) is 13.9. The zero-order valence-corrected chi connectivity index (χ0v) is 14.7. The predicted octanol–water partition coefficient (Wildman–Crippen LogP) is 2.95. The lowest BCUT2D eigenvalue weighted by Crippen LogP contribution is -2.51. The van der Waals surface area contributed by atoms with E-state index in [0.29, 0.717) is 11.4 Å². The first-order valence-electron chi connectivity index (χ1n) is 7.80. The van der Waals surface area contributed by atoms with E-state index >= 15 is 0 Å². The van der Waals surface area contributed by atoms with Crippen molar-refractivity contribution >= 4 is 27.3 Å². The van der Waals surface area contributed by atoms with Gasteiger partial charge in [-0.2, -0.15) is 0 Å². The molecule has 2 aromatic rings. The van der Waals surface area contributed by atoms with Crippen LogP contribution in [0.1, 0.15) is 19.4 Å². The van der Waals surface area contributed by atoms with Gasteiger partial charge in [-0.05, 0) is 38.1 Å². The van der Waals surface area contributed by atoms with Crippen LogP contribution in [0.3, 0.4) is 0 Å². The van der Waals surface area contributed by atoms with Gasteiger partial charge < -0.3 is 4.90 Å². The van der Waals surface area contributed by atoms with Gasteiger partial charge in [-0.15, -0.1) is 0 Å². The molecule has 1 aliphatic rings. The van der Waals surface area contributed by atoms with Crippen molar-refractivity contribution in [3.8, 4) is 0 Å². The zero-order valence-electron chi connectivity index (χ0n) is 13.9. The monoisotopic (exact) mass is 344 g/mol. The molecule has 0 N–H and O–H groups in total. The van der Waals surface area contributed by atoms with E-state index in [9.17, 15) is 13.2 Å². The molecular formula is C18H20N2O3S. The molecule has 2 aromatic carbocycles. The molecular weight excluding hydrogens is 324 g/mol. The summed E-state index contributed by atoms with van der Waals surface area (Å²) < 4.78 is 27.6. The van der Waals surface area contributed by atoms with E-state index in [1.807, 2.05) is 19.9 Å². The first kappa shape index (κ1) is 16.5. The minimum Gasteiger partial charge on any atom is -0.306 e. The summed E-state index contributed by atoms with van der Waals surface area (Å²) in [7, 11) is -3.68. The fourth-order valence-corrected chi connectivity index (χ4v) is 4.64. The topological polar surface area (TPSA) is 57.7 Å². The number of aryl methyl sites for hydroxylation is 1. The molecule has 0 fully saturated rings. The molecule has 1 unspecified atom stereocenters. The van der Waals surface area contributed by atoms with Gasteiger partial charge in [0.05, 0.1) is 28.9 Å². The standard InChI is InChI=1S/C18H20N2O3S/c1-13-8-10-16(11-9-13)24(22,23)19-12-14(2)20(15(3)21)18-7-5-4-6-17(18)19/h4-11,14H,12H2,1-3H3. The number of nitrogens with zero attached hydrogens (tertiary/aromatic N) is 2. The fourth-order valence-electron chi connectivity index (χ4n) is 3.08. The van der Waals surface area contributed by atoms with E-state index in [1.165, 1.54) is 11.2 Å². The van der Waals surface area contributed by atoms with Crippen LogP contribution in [-0.4, -0.2) is 26.9 Å². The number of sulfonamides is 1. The van der Waals surface area contributed by atoms with E-state index < -0.39 is 10.0 Å². The van der Waals surface area contributed by atoms with Crippen molar-refractivity contribution in [2.75, 3.05) is 15.7 Å². The van der Waals surface area contributed by atoms with Crippen LogP contribution in [0.5, 0.6) is 0 Å². The quantitative estimate of drug-likeness (QED) is 0.842.